The average molecular weight is 250 g/mol. The van der Waals surface area contributed by atoms with E-state index < -0.39 is 5.60 Å². The van der Waals surface area contributed by atoms with Crippen molar-refractivity contribution < 1.29 is 5.11 Å². The van der Waals surface area contributed by atoms with Gasteiger partial charge in [0.25, 0.3) is 0 Å². The molecule has 1 aromatic rings. The number of hydrogen-bond acceptors (Lipinski definition) is 5. The minimum atomic E-state index is -0.570. The van der Waals surface area contributed by atoms with Gasteiger partial charge in [-0.25, -0.2) is 9.97 Å². The predicted octanol–water partition coefficient (Wildman–Crippen LogP) is 0.760. The summed E-state index contributed by atoms with van der Waals surface area (Å²) in [4.78, 5) is 13.1. The highest BCUT2D eigenvalue weighted by atomic mass is 16.3. The van der Waals surface area contributed by atoms with E-state index in [4.69, 9.17) is 0 Å². The highest BCUT2D eigenvalue weighted by Gasteiger charge is 2.20. The van der Waals surface area contributed by atoms with E-state index in [9.17, 15) is 5.11 Å². The Morgan fingerprint density at radius 3 is 2.33 bits per heavy atom. The summed E-state index contributed by atoms with van der Waals surface area (Å²) in [7, 11) is 0. The standard InChI is InChI=1S/C13H22N4O/c1-13(2,18)4-7-16-8-10-17(11-9-16)12-14-5-3-6-15-12/h3,5-6,18H,4,7-11H2,1-2H3. The summed E-state index contributed by atoms with van der Waals surface area (Å²) in [5.74, 6) is 0.819. The van der Waals surface area contributed by atoms with Gasteiger partial charge in [-0.05, 0) is 26.3 Å². The first-order valence-corrected chi connectivity index (χ1v) is 6.51. The Morgan fingerprint density at radius 2 is 1.78 bits per heavy atom. The first kappa shape index (κ1) is 13.2. The molecule has 2 rings (SSSR count). The summed E-state index contributed by atoms with van der Waals surface area (Å²) in [5, 5.41) is 9.72. The van der Waals surface area contributed by atoms with E-state index in [1.807, 2.05) is 19.9 Å². The van der Waals surface area contributed by atoms with Crippen LogP contribution in [0.2, 0.25) is 0 Å². The van der Waals surface area contributed by atoms with Crippen LogP contribution < -0.4 is 4.90 Å². The van der Waals surface area contributed by atoms with E-state index in [2.05, 4.69) is 19.8 Å². The van der Waals surface area contributed by atoms with Crippen molar-refractivity contribution in [3.8, 4) is 0 Å². The lowest BCUT2D eigenvalue weighted by Gasteiger charge is -2.35. The largest absolute Gasteiger partial charge is 0.390 e. The van der Waals surface area contributed by atoms with E-state index in [1.54, 1.807) is 12.4 Å². The van der Waals surface area contributed by atoms with Gasteiger partial charge < -0.3 is 10.0 Å². The number of hydrogen-bond donors (Lipinski definition) is 1. The number of rotatable bonds is 4. The molecule has 0 spiro atoms. The van der Waals surface area contributed by atoms with Crippen LogP contribution in [-0.2, 0) is 0 Å². The van der Waals surface area contributed by atoms with Crippen LogP contribution in [0.1, 0.15) is 20.3 Å². The molecule has 1 aliphatic heterocycles. The summed E-state index contributed by atoms with van der Waals surface area (Å²) in [6.45, 7) is 8.60. The second-order valence-electron chi connectivity index (χ2n) is 5.44. The summed E-state index contributed by atoms with van der Waals surface area (Å²) in [6.07, 6.45) is 4.38. The fraction of sp³-hybridized carbons (Fsp3) is 0.692. The Morgan fingerprint density at radius 1 is 1.17 bits per heavy atom. The van der Waals surface area contributed by atoms with Crippen molar-refractivity contribution >= 4 is 5.95 Å². The van der Waals surface area contributed by atoms with Crippen molar-refractivity contribution in [3.63, 3.8) is 0 Å². The third-order valence-electron chi connectivity index (χ3n) is 3.25. The summed E-state index contributed by atoms with van der Waals surface area (Å²) in [5.41, 5.74) is -0.570. The van der Waals surface area contributed by atoms with Crippen LogP contribution in [0.25, 0.3) is 0 Å². The summed E-state index contributed by atoms with van der Waals surface area (Å²) in [6, 6.07) is 1.84. The van der Waals surface area contributed by atoms with Gasteiger partial charge in [-0.1, -0.05) is 0 Å². The fourth-order valence-corrected chi connectivity index (χ4v) is 2.06. The Kier molecular flexibility index (Phi) is 4.14. The molecule has 0 atom stereocenters. The SMILES string of the molecule is CC(C)(O)CCN1CCN(c2ncccn2)CC1. The quantitative estimate of drug-likeness (QED) is 0.855. The zero-order valence-corrected chi connectivity index (χ0v) is 11.2. The van der Waals surface area contributed by atoms with E-state index in [0.29, 0.717) is 0 Å². The molecule has 0 aliphatic carbocycles. The fourth-order valence-electron chi connectivity index (χ4n) is 2.06. The molecule has 1 fully saturated rings. The molecule has 5 nitrogen and oxygen atoms in total. The van der Waals surface area contributed by atoms with Crippen LogP contribution in [0.15, 0.2) is 18.5 Å². The minimum absolute atomic E-state index is 0.570. The molecule has 1 N–H and O–H groups in total. The van der Waals surface area contributed by atoms with Crippen molar-refractivity contribution in [2.45, 2.75) is 25.9 Å². The summed E-state index contributed by atoms with van der Waals surface area (Å²) >= 11 is 0. The van der Waals surface area contributed by atoms with Crippen LogP contribution in [0, 0.1) is 0 Å². The molecule has 2 heterocycles. The number of aliphatic hydroxyl groups is 1. The average Bonchev–Trinajstić information content (AvgIpc) is 2.37. The Bertz CT molecular complexity index is 355. The lowest BCUT2D eigenvalue weighted by molar-refractivity contribution is 0.0568. The molecule has 0 saturated carbocycles. The zero-order valence-electron chi connectivity index (χ0n) is 11.2. The normalized spacial score (nSPS) is 18.1. The van der Waals surface area contributed by atoms with Gasteiger partial charge in [0.05, 0.1) is 5.60 Å². The van der Waals surface area contributed by atoms with E-state index in [0.717, 1.165) is 45.1 Å². The first-order valence-electron chi connectivity index (χ1n) is 6.51. The van der Waals surface area contributed by atoms with Crippen LogP contribution in [0.5, 0.6) is 0 Å². The molecule has 0 bridgehead atoms. The van der Waals surface area contributed by atoms with Crippen molar-refractivity contribution in [2.75, 3.05) is 37.6 Å². The lowest BCUT2D eigenvalue weighted by atomic mass is 10.1. The molecule has 18 heavy (non-hydrogen) atoms. The molecule has 1 saturated heterocycles. The van der Waals surface area contributed by atoms with Crippen molar-refractivity contribution in [1.29, 1.82) is 0 Å². The smallest absolute Gasteiger partial charge is 0.225 e. The Labute approximate surface area is 108 Å². The first-order chi connectivity index (χ1) is 8.54. The molecule has 100 valence electrons. The number of anilines is 1. The minimum Gasteiger partial charge on any atom is -0.390 e. The topological polar surface area (TPSA) is 52.5 Å². The number of piperazine rings is 1. The van der Waals surface area contributed by atoms with Gasteiger partial charge in [0, 0.05) is 45.1 Å². The van der Waals surface area contributed by atoms with Gasteiger partial charge >= 0.3 is 0 Å². The lowest BCUT2D eigenvalue weighted by Crippen LogP contribution is -2.48. The van der Waals surface area contributed by atoms with E-state index in [1.165, 1.54) is 0 Å². The predicted molar refractivity (Wildman–Crippen MR) is 71.6 cm³/mol. The van der Waals surface area contributed by atoms with Crippen LogP contribution >= 0.6 is 0 Å². The highest BCUT2D eigenvalue weighted by molar-refractivity contribution is 5.29. The maximum absolute atomic E-state index is 9.72. The second kappa shape index (κ2) is 5.63. The van der Waals surface area contributed by atoms with E-state index in [-0.39, 0.29) is 0 Å². The molecule has 0 unspecified atom stereocenters. The molecular formula is C13H22N4O. The van der Waals surface area contributed by atoms with Crippen LogP contribution in [0.4, 0.5) is 5.95 Å². The molecule has 0 amide bonds. The monoisotopic (exact) mass is 250 g/mol. The zero-order chi connectivity index (χ0) is 13.0. The van der Waals surface area contributed by atoms with Gasteiger partial charge in [-0.15, -0.1) is 0 Å². The van der Waals surface area contributed by atoms with Gasteiger partial charge in [0.2, 0.25) is 5.95 Å². The van der Waals surface area contributed by atoms with Gasteiger partial charge in [-0.3, -0.25) is 4.90 Å². The maximum Gasteiger partial charge on any atom is 0.225 e. The van der Waals surface area contributed by atoms with Crippen LogP contribution in [0.3, 0.4) is 0 Å². The van der Waals surface area contributed by atoms with Crippen molar-refractivity contribution in [1.82, 2.24) is 14.9 Å². The third-order valence-corrected chi connectivity index (χ3v) is 3.25. The maximum atomic E-state index is 9.72. The van der Waals surface area contributed by atoms with Gasteiger partial charge in [-0.2, -0.15) is 0 Å². The van der Waals surface area contributed by atoms with Crippen molar-refractivity contribution in [2.24, 2.45) is 0 Å². The molecule has 5 heteroatoms. The summed E-state index contributed by atoms with van der Waals surface area (Å²) < 4.78 is 0. The third kappa shape index (κ3) is 3.92. The number of aromatic nitrogens is 2. The Balaban J connectivity index is 1.78. The van der Waals surface area contributed by atoms with Gasteiger partial charge in [0.15, 0.2) is 0 Å². The molecule has 1 aromatic heterocycles. The molecular weight excluding hydrogens is 228 g/mol. The van der Waals surface area contributed by atoms with Crippen molar-refractivity contribution in [3.05, 3.63) is 18.5 Å². The van der Waals surface area contributed by atoms with E-state index >= 15 is 0 Å². The molecule has 1 aliphatic rings. The number of nitrogens with zero attached hydrogens (tertiary/aromatic N) is 4. The molecule has 0 aromatic carbocycles. The van der Waals surface area contributed by atoms with Gasteiger partial charge in [0.1, 0.15) is 0 Å². The second-order valence-corrected chi connectivity index (χ2v) is 5.44. The highest BCUT2D eigenvalue weighted by Crippen LogP contribution is 2.12. The Hall–Kier alpha value is -1.20. The van der Waals surface area contributed by atoms with Crippen LogP contribution in [-0.4, -0.2) is 58.3 Å². The molecule has 0 radical (unpaired) electrons.